The van der Waals surface area contributed by atoms with Crippen molar-refractivity contribution in [1.82, 2.24) is 0 Å². The van der Waals surface area contributed by atoms with Crippen LogP contribution in [0.15, 0.2) is 0 Å². The molecule has 0 heterocycles. The highest BCUT2D eigenvalue weighted by molar-refractivity contribution is 9.40. The second kappa shape index (κ2) is 7.36. The normalized spacial score (nSPS) is 12.1. The highest BCUT2D eigenvalue weighted by Crippen LogP contribution is 2.35. The number of hydrogen-bond acceptors (Lipinski definition) is 6. The molecule has 0 radical (unpaired) electrons. The molecule has 0 N–H and O–H groups in total. The second-order valence-electron chi connectivity index (χ2n) is 1.87. The van der Waals surface area contributed by atoms with E-state index >= 15 is 0 Å². The fourth-order valence-electron chi connectivity index (χ4n) is 0.184. The lowest BCUT2D eigenvalue weighted by Crippen LogP contribution is -2.23. The van der Waals surface area contributed by atoms with Gasteiger partial charge in [0, 0.05) is 10.1 Å². The molecule has 0 fully saturated rings. The number of rotatable bonds is 3. The Bertz CT molecular complexity index is 239. The fourth-order valence-corrected chi connectivity index (χ4v) is 0.581. The molecule has 16 heavy (non-hydrogen) atoms. The summed E-state index contributed by atoms with van der Waals surface area (Å²) in [4.78, 5) is 30.0. The van der Waals surface area contributed by atoms with E-state index in [9.17, 15) is 9.59 Å². The Labute approximate surface area is 140 Å². The van der Waals surface area contributed by atoms with Gasteiger partial charge in [0.25, 0.3) is 0 Å². The SMILES string of the molecule is O=C(OOOOC(=O)C(Br)(Br)Br)C(Br)(Br)Br. The first kappa shape index (κ1) is 17.7. The molecule has 0 aromatic carbocycles. The van der Waals surface area contributed by atoms with Crippen molar-refractivity contribution < 1.29 is 29.4 Å². The standard InChI is InChI=1S/C4Br6O6/c5-3(6,7)1(11)13-15-16-14-2(12)4(8,9)10. The average Bonchev–Trinajstić information content (AvgIpc) is 2.08. The zero-order valence-corrected chi connectivity index (χ0v) is 16.2. The van der Waals surface area contributed by atoms with Crippen molar-refractivity contribution in [2.75, 3.05) is 0 Å². The minimum atomic E-state index is -1.32. The predicted molar refractivity (Wildman–Crippen MR) is 73.4 cm³/mol. The summed E-state index contributed by atoms with van der Waals surface area (Å²) < 4.78 is -2.63. The molecule has 94 valence electrons. The summed E-state index contributed by atoms with van der Waals surface area (Å²) >= 11 is 17.1. The van der Waals surface area contributed by atoms with E-state index in [0.717, 1.165) is 0 Å². The van der Waals surface area contributed by atoms with Crippen LogP contribution in [0.5, 0.6) is 0 Å². The van der Waals surface area contributed by atoms with Crippen molar-refractivity contribution in [3.05, 3.63) is 0 Å². The van der Waals surface area contributed by atoms with E-state index in [-0.39, 0.29) is 0 Å². The summed E-state index contributed by atoms with van der Waals surface area (Å²) in [6.07, 6.45) is 0. The molecular formula is C4Br6O6. The molecule has 12 heteroatoms. The van der Waals surface area contributed by atoms with Crippen molar-refractivity contribution in [2.24, 2.45) is 0 Å². The number of halogens is 6. The van der Waals surface area contributed by atoms with Crippen molar-refractivity contribution in [2.45, 2.75) is 4.29 Å². The van der Waals surface area contributed by atoms with Gasteiger partial charge in [0.15, 0.2) is 0 Å². The molecule has 0 spiro atoms. The maximum atomic E-state index is 11.0. The Balaban J connectivity index is 3.79. The van der Waals surface area contributed by atoms with E-state index in [2.05, 4.69) is 115 Å². The maximum Gasteiger partial charge on any atom is 0.383 e. The second-order valence-corrected chi connectivity index (χ2v) is 15.4. The number of hydrogen-bond donors (Lipinski definition) is 0. The van der Waals surface area contributed by atoms with Gasteiger partial charge < -0.3 is 0 Å². The third kappa shape index (κ3) is 7.95. The lowest BCUT2D eigenvalue weighted by Gasteiger charge is -2.10. The fraction of sp³-hybridized carbons (Fsp3) is 0.500. The van der Waals surface area contributed by atoms with Crippen LogP contribution in [-0.4, -0.2) is 16.2 Å². The largest absolute Gasteiger partial charge is 0.383 e. The van der Waals surface area contributed by atoms with Crippen LogP contribution in [0.3, 0.4) is 0 Å². The third-order valence-electron chi connectivity index (χ3n) is 0.710. The molecule has 0 rings (SSSR count). The Morgan fingerprint density at radius 1 is 0.688 bits per heavy atom. The van der Waals surface area contributed by atoms with Gasteiger partial charge in [-0.1, -0.05) is 0 Å². The van der Waals surface area contributed by atoms with E-state index in [0.29, 0.717) is 0 Å². The van der Waals surface area contributed by atoms with Crippen LogP contribution in [0.25, 0.3) is 0 Å². The van der Waals surface area contributed by atoms with E-state index in [4.69, 9.17) is 0 Å². The van der Waals surface area contributed by atoms with Gasteiger partial charge >= 0.3 is 11.9 Å². The van der Waals surface area contributed by atoms with Crippen LogP contribution in [-0.2, 0) is 29.4 Å². The number of carbonyl (C=O) groups is 2. The molecular weight excluding hydrogens is 623 g/mol. The summed E-state index contributed by atoms with van der Waals surface area (Å²) in [6, 6.07) is 0. The summed E-state index contributed by atoms with van der Waals surface area (Å²) in [7, 11) is 0. The topological polar surface area (TPSA) is 71.1 Å². The Morgan fingerprint density at radius 2 is 0.938 bits per heavy atom. The van der Waals surface area contributed by atoms with Crippen LogP contribution in [0.4, 0.5) is 0 Å². The molecule has 0 unspecified atom stereocenters. The Kier molecular flexibility index (Phi) is 8.16. The molecule has 0 amide bonds. The van der Waals surface area contributed by atoms with Crippen LogP contribution >= 0.6 is 95.6 Å². The van der Waals surface area contributed by atoms with E-state index in [1.54, 1.807) is 0 Å². The smallest absolute Gasteiger partial charge is 0.262 e. The minimum Gasteiger partial charge on any atom is -0.262 e. The zero-order chi connectivity index (χ0) is 13.0. The first-order chi connectivity index (χ1) is 7.05. The third-order valence-corrected chi connectivity index (χ3v) is 2.65. The molecule has 0 bridgehead atoms. The number of alkyl halides is 6. The summed E-state index contributed by atoms with van der Waals surface area (Å²) in [6.45, 7) is 0. The quantitative estimate of drug-likeness (QED) is 0.208. The van der Waals surface area contributed by atoms with Crippen molar-refractivity contribution in [3.63, 3.8) is 0 Å². The van der Waals surface area contributed by atoms with Crippen LogP contribution in [0.1, 0.15) is 0 Å². The van der Waals surface area contributed by atoms with Crippen LogP contribution < -0.4 is 0 Å². The van der Waals surface area contributed by atoms with E-state index in [1.807, 2.05) is 0 Å². The molecule has 0 saturated heterocycles. The monoisotopic (exact) mass is 617 g/mol. The minimum absolute atomic E-state index is 0.925. The molecule has 0 aromatic rings. The summed E-state index contributed by atoms with van der Waals surface area (Å²) in [5.74, 6) is -1.85. The molecule has 0 aliphatic carbocycles. The van der Waals surface area contributed by atoms with Crippen molar-refractivity contribution in [3.8, 4) is 0 Å². The summed E-state index contributed by atoms with van der Waals surface area (Å²) in [5.41, 5.74) is 0. The molecule has 0 atom stereocenters. The lowest BCUT2D eigenvalue weighted by atomic mass is 10.8. The van der Waals surface area contributed by atoms with E-state index < -0.39 is 16.2 Å². The van der Waals surface area contributed by atoms with Gasteiger partial charge in [0.2, 0.25) is 4.29 Å². The molecule has 6 nitrogen and oxygen atoms in total. The van der Waals surface area contributed by atoms with Crippen molar-refractivity contribution >= 4 is 108 Å². The maximum absolute atomic E-state index is 11.0. The van der Waals surface area contributed by atoms with Gasteiger partial charge in [-0.05, 0) is 95.6 Å². The zero-order valence-electron chi connectivity index (χ0n) is 6.72. The van der Waals surface area contributed by atoms with Gasteiger partial charge in [-0.25, -0.2) is 9.59 Å². The first-order valence-electron chi connectivity index (χ1n) is 2.95. The van der Waals surface area contributed by atoms with Gasteiger partial charge in [-0.15, -0.1) is 0 Å². The van der Waals surface area contributed by atoms with Gasteiger partial charge in [-0.3, -0.25) is 9.78 Å². The number of carbonyl (C=O) groups excluding carboxylic acids is 2. The Morgan fingerprint density at radius 3 is 1.12 bits per heavy atom. The van der Waals surface area contributed by atoms with Gasteiger partial charge in [0.05, 0.1) is 0 Å². The average molecular weight is 623 g/mol. The Hall–Kier alpha value is 1.74. The summed E-state index contributed by atoms with van der Waals surface area (Å²) in [5, 5.41) is 7.69. The highest BCUT2D eigenvalue weighted by Gasteiger charge is 2.34. The van der Waals surface area contributed by atoms with Crippen molar-refractivity contribution in [1.29, 1.82) is 0 Å². The van der Waals surface area contributed by atoms with Crippen LogP contribution in [0, 0.1) is 0 Å². The molecule has 0 aliphatic rings. The molecule has 0 saturated carbocycles. The van der Waals surface area contributed by atoms with Crippen LogP contribution in [0.2, 0.25) is 0 Å². The highest BCUT2D eigenvalue weighted by atomic mass is 80.0. The van der Waals surface area contributed by atoms with E-state index in [1.165, 1.54) is 0 Å². The predicted octanol–water partition coefficient (Wildman–Crippen LogP) is 3.53. The van der Waals surface area contributed by atoms with Gasteiger partial charge in [-0.2, -0.15) is 0 Å². The molecule has 0 aliphatic heterocycles. The van der Waals surface area contributed by atoms with Gasteiger partial charge in [0.1, 0.15) is 0 Å². The molecule has 0 aromatic heterocycles. The lowest BCUT2D eigenvalue weighted by molar-refractivity contribution is -0.599. The first-order valence-corrected chi connectivity index (χ1v) is 7.71.